The highest BCUT2D eigenvalue weighted by Crippen LogP contribution is 2.36. The van der Waals surface area contributed by atoms with Gasteiger partial charge in [0.25, 0.3) is 5.88 Å². The first-order valence-electron chi connectivity index (χ1n) is 12.7. The molecule has 0 fully saturated rings. The molecule has 1 heterocycles. The number of hydrogen-bond donors (Lipinski definition) is 3. The molecule has 188 valence electrons. The number of phenolic OH excluding ortho intramolecular Hbond substituents is 2. The van der Waals surface area contributed by atoms with E-state index in [0.29, 0.717) is 24.3 Å². The summed E-state index contributed by atoms with van der Waals surface area (Å²) in [5.41, 5.74) is 2.12. The Morgan fingerprint density at radius 1 is 1.09 bits per heavy atom. The molecule has 3 N–H and O–H groups in total. The second-order valence-corrected chi connectivity index (χ2v) is 9.03. The highest BCUT2D eigenvalue weighted by molar-refractivity contribution is 5.50. The van der Waals surface area contributed by atoms with E-state index in [9.17, 15) is 10.2 Å². The minimum Gasteiger partial charge on any atom is -0.504 e. The number of hydrogen-bond acceptors (Lipinski definition) is 7. The number of benzene rings is 1. The summed E-state index contributed by atoms with van der Waals surface area (Å²) in [4.78, 5) is 6.83. The summed E-state index contributed by atoms with van der Waals surface area (Å²) in [6.45, 7) is 6.85. The number of fused-ring (bicyclic) bond motifs is 1. The van der Waals surface area contributed by atoms with Crippen LogP contribution < -0.4 is 14.8 Å². The second-order valence-electron chi connectivity index (χ2n) is 9.03. The summed E-state index contributed by atoms with van der Waals surface area (Å²) >= 11 is 0. The van der Waals surface area contributed by atoms with Gasteiger partial charge in [0.2, 0.25) is 0 Å². The Labute approximate surface area is 204 Å². The Hall–Kier alpha value is -2.51. The van der Waals surface area contributed by atoms with Crippen molar-refractivity contribution in [2.24, 2.45) is 0 Å². The summed E-state index contributed by atoms with van der Waals surface area (Å²) < 4.78 is 10.9. The Morgan fingerprint density at radius 3 is 2.76 bits per heavy atom. The van der Waals surface area contributed by atoms with Crippen LogP contribution in [0.3, 0.4) is 0 Å². The minimum atomic E-state index is -0.00179. The highest BCUT2D eigenvalue weighted by Gasteiger charge is 2.26. The van der Waals surface area contributed by atoms with Crippen molar-refractivity contribution in [3.05, 3.63) is 41.6 Å². The van der Waals surface area contributed by atoms with Crippen molar-refractivity contribution in [3.8, 4) is 23.1 Å². The molecular weight excluding hydrogens is 430 g/mol. The maximum atomic E-state index is 10.2. The van der Waals surface area contributed by atoms with Gasteiger partial charge in [-0.3, -0.25) is 0 Å². The number of rotatable bonds is 15. The van der Waals surface area contributed by atoms with Gasteiger partial charge in [0.05, 0.1) is 7.11 Å². The average molecular weight is 472 g/mol. The molecule has 3 rings (SSSR count). The summed E-state index contributed by atoms with van der Waals surface area (Å²) in [5, 5.41) is 23.4. The van der Waals surface area contributed by atoms with E-state index in [0.717, 1.165) is 57.4 Å². The number of phenols is 2. The van der Waals surface area contributed by atoms with Crippen LogP contribution in [0.4, 0.5) is 0 Å². The number of nitrogens with zero attached hydrogens (tertiary/aromatic N) is 2. The maximum absolute atomic E-state index is 10.2. The van der Waals surface area contributed by atoms with Gasteiger partial charge < -0.3 is 29.9 Å². The van der Waals surface area contributed by atoms with Crippen LogP contribution in [0.15, 0.2) is 30.5 Å². The average Bonchev–Trinajstić information content (AvgIpc) is 2.86. The Kier molecular flexibility index (Phi) is 10.8. The summed E-state index contributed by atoms with van der Waals surface area (Å²) in [7, 11) is 1.62. The Bertz CT molecular complexity index is 877. The number of unbranched alkanes of at least 4 members (excludes halogenated alkanes) is 3. The lowest BCUT2D eigenvalue weighted by Crippen LogP contribution is -2.40. The standard InChI is InChI=1S/C27H41N3O4/c1-3-17-30(22-11-12-23-21(20-22)10-13-24(31)26(23)32)18-7-5-4-6-14-28-16-19-34-27-25(33-2)9-8-15-29-27/h8-10,13,15,22,28,31-32H,3-7,11-12,14,16-20H2,1-2H3/t22-/m0/s1. The highest BCUT2D eigenvalue weighted by atomic mass is 16.5. The van der Waals surface area contributed by atoms with Crippen LogP contribution >= 0.6 is 0 Å². The van der Waals surface area contributed by atoms with Crippen LogP contribution in [0, 0.1) is 0 Å². The molecule has 0 amide bonds. The molecular formula is C27H41N3O4. The van der Waals surface area contributed by atoms with E-state index < -0.39 is 0 Å². The van der Waals surface area contributed by atoms with Gasteiger partial charge in [-0.1, -0.05) is 25.8 Å². The predicted octanol–water partition coefficient (Wildman–Crippen LogP) is 4.30. The number of methoxy groups -OCH3 is 1. The molecule has 7 heteroatoms. The van der Waals surface area contributed by atoms with E-state index >= 15 is 0 Å². The van der Waals surface area contributed by atoms with Crippen LogP contribution in [-0.2, 0) is 12.8 Å². The first-order valence-corrected chi connectivity index (χ1v) is 12.7. The SMILES string of the molecule is CCCN(CCCCCCNCCOc1ncccc1OC)[C@H]1CCc2c(ccc(O)c2O)C1. The molecule has 0 bridgehead atoms. The van der Waals surface area contributed by atoms with Gasteiger partial charge in [0.1, 0.15) is 6.61 Å². The van der Waals surface area contributed by atoms with Gasteiger partial charge in [-0.05, 0) is 81.9 Å². The quantitative estimate of drug-likeness (QED) is 0.264. The maximum Gasteiger partial charge on any atom is 0.257 e. The zero-order chi connectivity index (χ0) is 24.2. The lowest BCUT2D eigenvalue weighted by atomic mass is 9.86. The van der Waals surface area contributed by atoms with Gasteiger partial charge in [-0.2, -0.15) is 0 Å². The van der Waals surface area contributed by atoms with Crippen LogP contribution in [0.1, 0.15) is 56.6 Å². The van der Waals surface area contributed by atoms with Crippen LogP contribution in [0.25, 0.3) is 0 Å². The molecule has 1 atom stereocenters. The molecule has 1 aromatic carbocycles. The minimum absolute atomic E-state index is 0.00179. The molecule has 1 aromatic heterocycles. The summed E-state index contributed by atoms with van der Waals surface area (Å²) in [6, 6.07) is 7.80. The monoisotopic (exact) mass is 471 g/mol. The molecule has 1 aliphatic rings. The van der Waals surface area contributed by atoms with E-state index in [1.54, 1.807) is 19.4 Å². The van der Waals surface area contributed by atoms with Crippen molar-refractivity contribution in [1.29, 1.82) is 0 Å². The zero-order valence-electron chi connectivity index (χ0n) is 20.8. The zero-order valence-corrected chi connectivity index (χ0v) is 20.8. The summed E-state index contributed by atoms with van der Waals surface area (Å²) in [6.07, 6.45) is 10.5. The largest absolute Gasteiger partial charge is 0.504 e. The van der Waals surface area contributed by atoms with Crippen molar-refractivity contribution in [1.82, 2.24) is 15.2 Å². The van der Waals surface area contributed by atoms with Crippen molar-refractivity contribution in [2.45, 2.75) is 64.3 Å². The van der Waals surface area contributed by atoms with E-state index in [4.69, 9.17) is 9.47 Å². The third-order valence-corrected chi connectivity index (χ3v) is 6.59. The van der Waals surface area contributed by atoms with Gasteiger partial charge >= 0.3 is 0 Å². The lowest BCUT2D eigenvalue weighted by molar-refractivity contribution is 0.175. The number of ether oxygens (including phenoxy) is 2. The Balaban J connectivity index is 1.28. The Morgan fingerprint density at radius 2 is 1.94 bits per heavy atom. The normalized spacial score (nSPS) is 15.3. The molecule has 0 aliphatic heterocycles. The molecule has 2 aromatic rings. The first kappa shape index (κ1) is 26.1. The van der Waals surface area contributed by atoms with Gasteiger partial charge in [0.15, 0.2) is 17.2 Å². The van der Waals surface area contributed by atoms with Crippen LogP contribution in [-0.4, -0.2) is 66.0 Å². The number of pyridine rings is 1. The second kappa shape index (κ2) is 14.0. The van der Waals surface area contributed by atoms with Crippen molar-refractivity contribution in [3.63, 3.8) is 0 Å². The fourth-order valence-corrected chi connectivity index (χ4v) is 4.78. The van der Waals surface area contributed by atoms with Crippen molar-refractivity contribution in [2.75, 3.05) is 39.9 Å². The molecule has 0 saturated heterocycles. The molecule has 34 heavy (non-hydrogen) atoms. The number of nitrogens with one attached hydrogen (secondary N) is 1. The van der Waals surface area contributed by atoms with Gasteiger partial charge in [0, 0.05) is 24.3 Å². The number of aromatic hydroxyl groups is 2. The third-order valence-electron chi connectivity index (χ3n) is 6.59. The van der Waals surface area contributed by atoms with Gasteiger partial charge in [-0.25, -0.2) is 4.98 Å². The molecule has 7 nitrogen and oxygen atoms in total. The first-order chi connectivity index (χ1) is 16.6. The molecule has 0 saturated carbocycles. The molecule has 0 spiro atoms. The molecule has 0 radical (unpaired) electrons. The third kappa shape index (κ3) is 7.50. The topological polar surface area (TPSA) is 87.1 Å². The van der Waals surface area contributed by atoms with Crippen molar-refractivity contribution >= 4 is 0 Å². The lowest BCUT2D eigenvalue weighted by Gasteiger charge is -2.35. The van der Waals surface area contributed by atoms with E-state index in [1.807, 2.05) is 18.2 Å². The number of aromatic nitrogens is 1. The predicted molar refractivity (Wildman–Crippen MR) is 135 cm³/mol. The van der Waals surface area contributed by atoms with E-state index in [2.05, 4.69) is 22.1 Å². The fourth-order valence-electron chi connectivity index (χ4n) is 4.78. The summed E-state index contributed by atoms with van der Waals surface area (Å²) in [5.74, 6) is 1.28. The van der Waals surface area contributed by atoms with Crippen LogP contribution in [0.2, 0.25) is 0 Å². The molecule has 1 aliphatic carbocycles. The van der Waals surface area contributed by atoms with Crippen molar-refractivity contribution < 1.29 is 19.7 Å². The van der Waals surface area contributed by atoms with E-state index in [-0.39, 0.29) is 11.5 Å². The smallest absolute Gasteiger partial charge is 0.257 e. The van der Waals surface area contributed by atoms with E-state index in [1.165, 1.54) is 31.2 Å². The fraction of sp³-hybridized carbons (Fsp3) is 0.593. The molecule has 0 unspecified atom stereocenters. The van der Waals surface area contributed by atoms with Gasteiger partial charge in [-0.15, -0.1) is 0 Å². The van der Waals surface area contributed by atoms with Crippen LogP contribution in [0.5, 0.6) is 23.1 Å².